The van der Waals surface area contributed by atoms with Gasteiger partial charge in [0.15, 0.2) is 0 Å². The normalized spacial score (nSPS) is 18.5. The number of hydrogen-bond acceptors (Lipinski definition) is 5. The highest BCUT2D eigenvalue weighted by molar-refractivity contribution is 5.97. The van der Waals surface area contributed by atoms with Gasteiger partial charge in [0.2, 0.25) is 0 Å². The van der Waals surface area contributed by atoms with Gasteiger partial charge in [-0.2, -0.15) is 0 Å². The number of fused-ring (bicyclic) bond motifs is 1. The van der Waals surface area contributed by atoms with E-state index in [1.54, 1.807) is 17.0 Å². The second-order valence-electron chi connectivity index (χ2n) is 9.08. The molecule has 1 unspecified atom stereocenters. The predicted molar refractivity (Wildman–Crippen MR) is 127 cm³/mol. The van der Waals surface area contributed by atoms with Crippen molar-refractivity contribution in [1.29, 1.82) is 0 Å². The molecule has 8 nitrogen and oxygen atoms in total. The van der Waals surface area contributed by atoms with Crippen LogP contribution in [0.1, 0.15) is 50.3 Å². The van der Waals surface area contributed by atoms with E-state index in [0.717, 1.165) is 57.1 Å². The van der Waals surface area contributed by atoms with Crippen molar-refractivity contribution in [2.45, 2.75) is 31.7 Å². The van der Waals surface area contributed by atoms with Gasteiger partial charge in [0, 0.05) is 57.2 Å². The monoisotopic (exact) mass is 459 g/mol. The van der Waals surface area contributed by atoms with E-state index in [2.05, 4.69) is 43.9 Å². The van der Waals surface area contributed by atoms with E-state index in [0.29, 0.717) is 18.7 Å². The molecule has 0 radical (unpaired) electrons. The van der Waals surface area contributed by atoms with Gasteiger partial charge in [-0.15, -0.1) is 10.2 Å². The Bertz CT molecular complexity index is 1180. The van der Waals surface area contributed by atoms with Crippen LogP contribution in [-0.4, -0.2) is 74.3 Å². The molecule has 1 amide bonds. The number of rotatable bonds is 6. The Morgan fingerprint density at radius 1 is 0.941 bits per heavy atom. The summed E-state index contributed by atoms with van der Waals surface area (Å²) in [6, 6.07) is 16.8. The molecular formula is C26H29N5O3. The SMILES string of the molecule is O=C(O)c1cccc(C(=O)N2CCC(c3nnc4n3CCN(CCc3ccccc3)CC4)C2)c1. The second-order valence-corrected chi connectivity index (χ2v) is 9.08. The van der Waals surface area contributed by atoms with E-state index in [1.807, 2.05) is 6.07 Å². The Morgan fingerprint density at radius 2 is 1.76 bits per heavy atom. The van der Waals surface area contributed by atoms with Crippen molar-refractivity contribution in [1.82, 2.24) is 24.6 Å². The third kappa shape index (κ3) is 4.72. The van der Waals surface area contributed by atoms with Crippen LogP contribution in [0.3, 0.4) is 0 Å². The summed E-state index contributed by atoms with van der Waals surface area (Å²) >= 11 is 0. The van der Waals surface area contributed by atoms with E-state index in [9.17, 15) is 14.7 Å². The Hall–Kier alpha value is -3.52. The van der Waals surface area contributed by atoms with Crippen LogP contribution in [0.5, 0.6) is 0 Å². The Kier molecular flexibility index (Phi) is 6.40. The lowest BCUT2D eigenvalue weighted by Crippen LogP contribution is -2.30. The molecule has 0 aliphatic carbocycles. The average molecular weight is 460 g/mol. The lowest BCUT2D eigenvalue weighted by atomic mass is 10.1. The van der Waals surface area contributed by atoms with Crippen molar-refractivity contribution >= 4 is 11.9 Å². The first-order chi connectivity index (χ1) is 16.6. The smallest absolute Gasteiger partial charge is 0.335 e. The first-order valence-electron chi connectivity index (χ1n) is 11.9. The van der Waals surface area contributed by atoms with Crippen LogP contribution in [0.25, 0.3) is 0 Å². The van der Waals surface area contributed by atoms with Gasteiger partial charge in [0.05, 0.1) is 5.56 Å². The topological polar surface area (TPSA) is 91.6 Å². The molecule has 3 heterocycles. The predicted octanol–water partition coefficient (Wildman–Crippen LogP) is 2.71. The molecule has 1 aromatic heterocycles. The molecule has 176 valence electrons. The largest absolute Gasteiger partial charge is 0.478 e. The highest BCUT2D eigenvalue weighted by Crippen LogP contribution is 2.28. The van der Waals surface area contributed by atoms with Gasteiger partial charge in [-0.3, -0.25) is 4.79 Å². The van der Waals surface area contributed by atoms with E-state index in [-0.39, 0.29) is 17.4 Å². The number of benzene rings is 2. The molecule has 0 saturated carbocycles. The van der Waals surface area contributed by atoms with Crippen molar-refractivity contribution in [2.24, 2.45) is 0 Å². The lowest BCUT2D eigenvalue weighted by molar-refractivity contribution is 0.0697. The Morgan fingerprint density at radius 3 is 2.59 bits per heavy atom. The summed E-state index contributed by atoms with van der Waals surface area (Å²) in [5.74, 6) is 0.973. The van der Waals surface area contributed by atoms with Crippen molar-refractivity contribution in [2.75, 3.05) is 32.7 Å². The highest BCUT2D eigenvalue weighted by atomic mass is 16.4. The summed E-state index contributed by atoms with van der Waals surface area (Å²) in [5, 5.41) is 18.2. The summed E-state index contributed by atoms with van der Waals surface area (Å²) in [6.45, 7) is 5.02. The van der Waals surface area contributed by atoms with Crippen LogP contribution in [0, 0.1) is 0 Å². The maximum absolute atomic E-state index is 13.0. The first kappa shape index (κ1) is 22.3. The summed E-state index contributed by atoms with van der Waals surface area (Å²) in [7, 11) is 0. The van der Waals surface area contributed by atoms with Gasteiger partial charge in [-0.05, 0) is 36.6 Å². The maximum Gasteiger partial charge on any atom is 0.335 e. The molecule has 5 rings (SSSR count). The quantitative estimate of drug-likeness (QED) is 0.610. The molecule has 0 spiro atoms. The van der Waals surface area contributed by atoms with Gasteiger partial charge in [0.25, 0.3) is 5.91 Å². The summed E-state index contributed by atoms with van der Waals surface area (Å²) < 4.78 is 2.26. The standard InChI is InChI=1S/C26H29N5O3/c32-25(20-7-4-8-21(17-20)26(33)34)30-14-10-22(18-30)24-28-27-23-11-13-29(15-16-31(23)24)12-9-19-5-2-1-3-6-19/h1-8,17,22H,9-16,18H2,(H,33,34). The van der Waals surface area contributed by atoms with Crippen molar-refractivity contribution in [3.63, 3.8) is 0 Å². The van der Waals surface area contributed by atoms with Crippen molar-refractivity contribution in [3.8, 4) is 0 Å². The summed E-state index contributed by atoms with van der Waals surface area (Å²) in [6.07, 6.45) is 2.75. The molecule has 2 aliphatic heterocycles. The van der Waals surface area contributed by atoms with Crippen LogP contribution in [0.4, 0.5) is 0 Å². The fraction of sp³-hybridized carbons (Fsp3) is 0.385. The number of hydrogen-bond donors (Lipinski definition) is 1. The minimum absolute atomic E-state index is 0.126. The molecular weight excluding hydrogens is 430 g/mol. The maximum atomic E-state index is 13.0. The number of nitrogens with zero attached hydrogens (tertiary/aromatic N) is 5. The van der Waals surface area contributed by atoms with Crippen LogP contribution in [-0.2, 0) is 19.4 Å². The van der Waals surface area contributed by atoms with Gasteiger partial charge < -0.3 is 19.5 Å². The lowest BCUT2D eigenvalue weighted by Gasteiger charge is -2.20. The molecule has 0 bridgehead atoms. The fourth-order valence-electron chi connectivity index (χ4n) is 4.97. The molecule has 34 heavy (non-hydrogen) atoms. The molecule has 1 fully saturated rings. The number of carbonyl (C=O) groups excluding carboxylic acids is 1. The van der Waals surface area contributed by atoms with E-state index in [1.165, 1.54) is 17.7 Å². The fourth-order valence-corrected chi connectivity index (χ4v) is 4.97. The van der Waals surface area contributed by atoms with E-state index >= 15 is 0 Å². The molecule has 2 aromatic carbocycles. The minimum atomic E-state index is -1.03. The van der Waals surface area contributed by atoms with Crippen LogP contribution in [0.2, 0.25) is 0 Å². The third-order valence-corrected chi connectivity index (χ3v) is 6.90. The zero-order valence-corrected chi connectivity index (χ0v) is 19.1. The van der Waals surface area contributed by atoms with Gasteiger partial charge in [0.1, 0.15) is 11.6 Å². The van der Waals surface area contributed by atoms with Gasteiger partial charge in [-0.25, -0.2) is 4.79 Å². The first-order valence-corrected chi connectivity index (χ1v) is 11.9. The molecule has 1 saturated heterocycles. The number of aromatic nitrogens is 3. The number of amides is 1. The molecule has 3 aromatic rings. The van der Waals surface area contributed by atoms with Gasteiger partial charge in [-0.1, -0.05) is 36.4 Å². The number of carbonyl (C=O) groups is 2. The molecule has 8 heteroatoms. The second kappa shape index (κ2) is 9.77. The summed E-state index contributed by atoms with van der Waals surface area (Å²) in [5.41, 5.74) is 1.90. The van der Waals surface area contributed by atoms with Crippen molar-refractivity contribution < 1.29 is 14.7 Å². The zero-order chi connectivity index (χ0) is 23.5. The third-order valence-electron chi connectivity index (χ3n) is 6.90. The number of aromatic carboxylic acids is 1. The molecule has 1 atom stereocenters. The van der Waals surface area contributed by atoms with E-state index in [4.69, 9.17) is 0 Å². The number of carboxylic acid groups (broad SMARTS) is 1. The van der Waals surface area contributed by atoms with Crippen LogP contribution in [0.15, 0.2) is 54.6 Å². The number of likely N-dealkylation sites (tertiary alicyclic amines) is 1. The Labute approximate surface area is 198 Å². The van der Waals surface area contributed by atoms with E-state index < -0.39 is 5.97 Å². The van der Waals surface area contributed by atoms with Crippen LogP contribution >= 0.6 is 0 Å². The number of carboxylic acids is 1. The highest BCUT2D eigenvalue weighted by Gasteiger charge is 2.32. The van der Waals surface area contributed by atoms with Gasteiger partial charge >= 0.3 is 5.97 Å². The van der Waals surface area contributed by atoms with Crippen LogP contribution < -0.4 is 0 Å². The Balaban J connectivity index is 1.22. The molecule has 2 aliphatic rings. The van der Waals surface area contributed by atoms with Crippen molar-refractivity contribution in [3.05, 3.63) is 82.9 Å². The zero-order valence-electron chi connectivity index (χ0n) is 19.1. The molecule has 1 N–H and O–H groups in total. The average Bonchev–Trinajstić information content (AvgIpc) is 3.46. The minimum Gasteiger partial charge on any atom is -0.478 e. The summed E-state index contributed by atoms with van der Waals surface area (Å²) in [4.78, 5) is 28.5.